The number of hydrogen-bond donors (Lipinski definition) is 2. The molecule has 0 heterocycles. The average Bonchev–Trinajstić information content (AvgIpc) is 2.76. The highest BCUT2D eigenvalue weighted by atomic mass is 16.5. The molecule has 2 amide bonds. The monoisotopic (exact) mass is 414 g/mol. The molecule has 0 aromatic heterocycles. The lowest BCUT2D eigenvalue weighted by Crippen LogP contribution is -2.41. The predicted octanol–water partition coefficient (Wildman–Crippen LogP) is 2.98. The minimum Gasteiger partial charge on any atom is -0.493 e. The van der Waals surface area contributed by atoms with Crippen molar-refractivity contribution >= 4 is 17.8 Å². The summed E-state index contributed by atoms with van der Waals surface area (Å²) in [6, 6.07) is 10.6. The van der Waals surface area contributed by atoms with Gasteiger partial charge in [0.15, 0.2) is 11.5 Å². The van der Waals surface area contributed by atoms with Crippen LogP contribution in [0.2, 0.25) is 0 Å². The fourth-order valence-corrected chi connectivity index (χ4v) is 2.47. The summed E-state index contributed by atoms with van der Waals surface area (Å²) >= 11 is 0. The highest BCUT2D eigenvalue weighted by Gasteiger charge is 2.14. The van der Waals surface area contributed by atoms with Crippen LogP contribution >= 0.6 is 0 Å². The van der Waals surface area contributed by atoms with E-state index < -0.39 is 17.8 Å². The van der Waals surface area contributed by atoms with E-state index in [1.165, 1.54) is 44.6 Å². The van der Waals surface area contributed by atoms with E-state index in [0.717, 1.165) is 6.42 Å². The van der Waals surface area contributed by atoms with E-state index in [0.29, 0.717) is 35.2 Å². The van der Waals surface area contributed by atoms with Gasteiger partial charge in [-0.1, -0.05) is 13.8 Å². The number of nitrogens with one attached hydrogen (secondary N) is 2. The molecule has 30 heavy (non-hydrogen) atoms. The van der Waals surface area contributed by atoms with E-state index in [1.807, 2.05) is 0 Å². The lowest BCUT2D eigenvalue weighted by atomic mass is 10.1. The van der Waals surface area contributed by atoms with Crippen molar-refractivity contribution in [2.75, 3.05) is 20.8 Å². The van der Waals surface area contributed by atoms with Crippen LogP contribution in [-0.2, 0) is 4.74 Å². The zero-order valence-corrected chi connectivity index (χ0v) is 17.5. The summed E-state index contributed by atoms with van der Waals surface area (Å²) < 4.78 is 15.6. The van der Waals surface area contributed by atoms with Crippen molar-refractivity contribution in [2.24, 2.45) is 5.92 Å². The van der Waals surface area contributed by atoms with Gasteiger partial charge in [0.25, 0.3) is 11.8 Å². The molecule has 0 unspecified atom stereocenters. The van der Waals surface area contributed by atoms with Crippen LogP contribution in [0.4, 0.5) is 0 Å². The zero-order chi connectivity index (χ0) is 22.1. The van der Waals surface area contributed by atoms with E-state index in [2.05, 4.69) is 29.4 Å². The minimum atomic E-state index is -0.527. The van der Waals surface area contributed by atoms with Crippen molar-refractivity contribution in [1.82, 2.24) is 10.9 Å². The molecule has 0 aliphatic heterocycles. The highest BCUT2D eigenvalue weighted by Crippen LogP contribution is 2.28. The summed E-state index contributed by atoms with van der Waals surface area (Å²) in [6.45, 7) is 4.76. The Morgan fingerprint density at radius 3 is 1.97 bits per heavy atom. The van der Waals surface area contributed by atoms with Crippen molar-refractivity contribution in [1.29, 1.82) is 0 Å². The number of rotatable bonds is 8. The van der Waals surface area contributed by atoms with Gasteiger partial charge in [-0.25, -0.2) is 4.79 Å². The van der Waals surface area contributed by atoms with E-state index in [9.17, 15) is 14.4 Å². The maximum Gasteiger partial charge on any atom is 0.337 e. The van der Waals surface area contributed by atoms with Gasteiger partial charge in [-0.3, -0.25) is 20.4 Å². The van der Waals surface area contributed by atoms with Crippen LogP contribution in [0.5, 0.6) is 11.5 Å². The molecule has 0 radical (unpaired) electrons. The SMILES string of the molecule is COC(=O)c1ccc(C(=O)NNC(=O)c2ccc(OCCC(C)C)c(OC)c2)cc1. The second-order valence-corrected chi connectivity index (χ2v) is 6.87. The first kappa shape index (κ1) is 22.7. The summed E-state index contributed by atoms with van der Waals surface area (Å²) in [7, 11) is 2.77. The molecule has 0 spiro atoms. The van der Waals surface area contributed by atoms with Crippen LogP contribution < -0.4 is 20.3 Å². The summed E-state index contributed by atoms with van der Waals surface area (Å²) in [5, 5.41) is 0. The van der Waals surface area contributed by atoms with Crippen LogP contribution in [0.1, 0.15) is 51.3 Å². The first-order valence-corrected chi connectivity index (χ1v) is 9.45. The Hall–Kier alpha value is -3.55. The number of hydrogen-bond acceptors (Lipinski definition) is 6. The topological polar surface area (TPSA) is 103 Å². The Kier molecular flexibility index (Phi) is 8.22. The molecular weight excluding hydrogens is 388 g/mol. The summed E-state index contributed by atoms with van der Waals surface area (Å²) in [5.41, 5.74) is 5.57. The largest absolute Gasteiger partial charge is 0.493 e. The molecule has 8 nitrogen and oxygen atoms in total. The van der Waals surface area contributed by atoms with Gasteiger partial charge >= 0.3 is 5.97 Å². The lowest BCUT2D eigenvalue weighted by molar-refractivity contribution is 0.0600. The van der Waals surface area contributed by atoms with Crippen molar-refractivity contribution in [3.63, 3.8) is 0 Å². The zero-order valence-electron chi connectivity index (χ0n) is 17.5. The molecule has 2 aromatic carbocycles. The number of carbonyl (C=O) groups excluding carboxylic acids is 3. The molecule has 0 fully saturated rings. The van der Waals surface area contributed by atoms with Crippen LogP contribution in [0.25, 0.3) is 0 Å². The first-order valence-electron chi connectivity index (χ1n) is 9.45. The van der Waals surface area contributed by atoms with Crippen molar-refractivity contribution in [3.8, 4) is 11.5 Å². The molecule has 0 bridgehead atoms. The normalized spacial score (nSPS) is 10.3. The van der Waals surface area contributed by atoms with Crippen molar-refractivity contribution < 1.29 is 28.6 Å². The number of methoxy groups -OCH3 is 2. The number of amides is 2. The van der Waals surface area contributed by atoms with Gasteiger partial charge in [-0.15, -0.1) is 0 Å². The van der Waals surface area contributed by atoms with Gasteiger partial charge in [0.05, 0.1) is 26.4 Å². The number of ether oxygens (including phenoxy) is 3. The second kappa shape index (κ2) is 10.8. The third-order valence-corrected chi connectivity index (χ3v) is 4.24. The van der Waals surface area contributed by atoms with Gasteiger partial charge in [-0.05, 0) is 54.8 Å². The van der Waals surface area contributed by atoms with Crippen LogP contribution in [0.15, 0.2) is 42.5 Å². The van der Waals surface area contributed by atoms with Crippen molar-refractivity contribution in [3.05, 3.63) is 59.2 Å². The van der Waals surface area contributed by atoms with Gasteiger partial charge < -0.3 is 14.2 Å². The Balaban J connectivity index is 1.96. The standard InChI is InChI=1S/C22H26N2O6/c1-14(2)11-12-30-18-10-9-17(13-19(18)28-3)21(26)24-23-20(25)15-5-7-16(8-6-15)22(27)29-4/h5-10,13-14H,11-12H2,1-4H3,(H,23,25)(H,24,26). The summed E-state index contributed by atoms with van der Waals surface area (Å²) in [4.78, 5) is 36.0. The Morgan fingerprint density at radius 2 is 1.40 bits per heavy atom. The molecule has 2 aromatic rings. The third kappa shape index (κ3) is 6.23. The molecular formula is C22H26N2O6. The smallest absolute Gasteiger partial charge is 0.337 e. The third-order valence-electron chi connectivity index (χ3n) is 4.24. The van der Waals surface area contributed by atoms with E-state index in [-0.39, 0.29) is 5.56 Å². The van der Waals surface area contributed by atoms with E-state index >= 15 is 0 Å². The predicted molar refractivity (Wildman–Crippen MR) is 111 cm³/mol. The highest BCUT2D eigenvalue weighted by molar-refractivity contribution is 6.00. The van der Waals surface area contributed by atoms with Gasteiger partial charge in [0.2, 0.25) is 0 Å². The lowest BCUT2D eigenvalue weighted by Gasteiger charge is -2.13. The number of hydrazine groups is 1. The molecule has 0 atom stereocenters. The summed E-state index contributed by atoms with van der Waals surface area (Å²) in [6.07, 6.45) is 0.901. The number of benzene rings is 2. The molecule has 0 saturated heterocycles. The maximum atomic E-state index is 12.4. The molecule has 160 valence electrons. The Morgan fingerprint density at radius 1 is 0.833 bits per heavy atom. The first-order chi connectivity index (χ1) is 14.3. The van der Waals surface area contributed by atoms with E-state index in [4.69, 9.17) is 9.47 Å². The molecule has 0 aliphatic carbocycles. The molecule has 2 N–H and O–H groups in total. The fraction of sp³-hybridized carbons (Fsp3) is 0.318. The number of carbonyl (C=O) groups is 3. The van der Waals surface area contributed by atoms with Crippen LogP contribution in [0.3, 0.4) is 0 Å². The Labute approximate surface area is 175 Å². The van der Waals surface area contributed by atoms with Gasteiger partial charge in [0, 0.05) is 11.1 Å². The van der Waals surface area contributed by atoms with E-state index in [1.54, 1.807) is 12.1 Å². The summed E-state index contributed by atoms with van der Waals surface area (Å²) in [5.74, 6) is -0.0512. The van der Waals surface area contributed by atoms with Crippen LogP contribution in [-0.4, -0.2) is 38.6 Å². The number of esters is 1. The second-order valence-electron chi connectivity index (χ2n) is 6.87. The fourth-order valence-electron chi connectivity index (χ4n) is 2.47. The Bertz CT molecular complexity index is 893. The molecule has 0 aliphatic rings. The maximum absolute atomic E-state index is 12.4. The quantitative estimate of drug-likeness (QED) is 0.509. The molecule has 8 heteroatoms. The average molecular weight is 414 g/mol. The van der Waals surface area contributed by atoms with Crippen LogP contribution in [0, 0.1) is 5.92 Å². The minimum absolute atomic E-state index is 0.273. The van der Waals surface area contributed by atoms with Gasteiger partial charge in [-0.2, -0.15) is 0 Å². The molecule has 0 saturated carbocycles. The van der Waals surface area contributed by atoms with Gasteiger partial charge in [0.1, 0.15) is 0 Å². The molecule has 2 rings (SSSR count). The van der Waals surface area contributed by atoms with Crippen molar-refractivity contribution in [2.45, 2.75) is 20.3 Å².